The van der Waals surface area contributed by atoms with Crippen molar-refractivity contribution in [3.8, 4) is 5.69 Å². The second-order valence-corrected chi connectivity index (χ2v) is 7.85. The van der Waals surface area contributed by atoms with Crippen LogP contribution in [0, 0.1) is 11.7 Å². The van der Waals surface area contributed by atoms with Gasteiger partial charge in [-0.1, -0.05) is 31.5 Å². The van der Waals surface area contributed by atoms with Gasteiger partial charge in [0.15, 0.2) is 5.15 Å². The van der Waals surface area contributed by atoms with Crippen molar-refractivity contribution in [3.63, 3.8) is 0 Å². The Morgan fingerprint density at radius 2 is 2.05 bits per heavy atom. The fourth-order valence-corrected chi connectivity index (χ4v) is 3.81. The maximum absolute atomic E-state index is 13.3. The molecule has 114 valence electrons. The number of nitrogens with zero attached hydrogens (tertiary/aromatic N) is 2. The molecule has 0 radical (unpaired) electrons. The number of halogens is 3. The van der Waals surface area contributed by atoms with E-state index in [1.807, 2.05) is 13.8 Å². The topological polar surface area (TPSA) is 52.0 Å². The molecular weight excluding hydrogens is 338 g/mol. The van der Waals surface area contributed by atoms with E-state index in [1.54, 1.807) is 6.07 Å². The highest BCUT2D eigenvalue weighted by Crippen LogP contribution is 2.31. The summed E-state index contributed by atoms with van der Waals surface area (Å²) in [6.07, 6.45) is 0.392. The van der Waals surface area contributed by atoms with E-state index in [0.29, 0.717) is 12.1 Å². The number of rotatable bonds is 4. The van der Waals surface area contributed by atoms with Gasteiger partial charge in [-0.3, -0.25) is 0 Å². The van der Waals surface area contributed by atoms with Gasteiger partial charge in [0.05, 0.1) is 11.4 Å². The molecule has 0 saturated heterocycles. The summed E-state index contributed by atoms with van der Waals surface area (Å²) in [6.45, 7) is 3.83. The largest absolute Gasteiger partial charge is 0.266 e. The van der Waals surface area contributed by atoms with Crippen molar-refractivity contribution in [2.45, 2.75) is 25.2 Å². The first kappa shape index (κ1) is 16.3. The third-order valence-electron chi connectivity index (χ3n) is 2.75. The van der Waals surface area contributed by atoms with Crippen LogP contribution in [0.1, 0.15) is 19.5 Å². The summed E-state index contributed by atoms with van der Waals surface area (Å²) in [6, 6.07) is 5.54. The lowest BCUT2D eigenvalue weighted by atomic mass is 10.1. The van der Waals surface area contributed by atoms with Gasteiger partial charge in [-0.15, -0.1) is 0 Å². The van der Waals surface area contributed by atoms with Crippen molar-refractivity contribution >= 4 is 31.3 Å². The minimum atomic E-state index is -4.04. The van der Waals surface area contributed by atoms with Crippen LogP contribution in [0.15, 0.2) is 29.2 Å². The van der Waals surface area contributed by atoms with Crippen LogP contribution in [0.2, 0.25) is 5.15 Å². The summed E-state index contributed by atoms with van der Waals surface area (Å²) in [5, 5.41) is 4.04. The Balaban J connectivity index is 2.67. The third kappa shape index (κ3) is 3.56. The molecule has 0 aliphatic rings. The highest BCUT2D eigenvalue weighted by Gasteiger charge is 2.27. The van der Waals surface area contributed by atoms with Gasteiger partial charge in [0.2, 0.25) is 0 Å². The van der Waals surface area contributed by atoms with Crippen molar-refractivity contribution in [1.29, 1.82) is 0 Å². The molecule has 0 spiro atoms. The molecule has 4 nitrogen and oxygen atoms in total. The number of hydrogen-bond acceptors (Lipinski definition) is 3. The minimum Gasteiger partial charge on any atom is -0.220 e. The molecule has 2 rings (SSSR count). The standard InChI is InChI=1S/C13H13Cl2FN2O2S/c1-8(2)6-11-12(21(15,19)20)13(14)18(17-11)10-5-3-4-9(16)7-10/h3-5,7-8H,6H2,1-2H3. The minimum absolute atomic E-state index is 0.147. The Labute approximate surface area is 131 Å². The normalized spacial score (nSPS) is 12.1. The van der Waals surface area contributed by atoms with Crippen molar-refractivity contribution in [2.75, 3.05) is 0 Å². The first-order valence-corrected chi connectivity index (χ1v) is 8.87. The van der Waals surface area contributed by atoms with Crippen LogP contribution in [-0.4, -0.2) is 18.2 Å². The van der Waals surface area contributed by atoms with Crippen LogP contribution < -0.4 is 0 Å². The average molecular weight is 351 g/mol. The lowest BCUT2D eigenvalue weighted by molar-refractivity contribution is 0.600. The Morgan fingerprint density at radius 1 is 1.38 bits per heavy atom. The van der Waals surface area contributed by atoms with Crippen molar-refractivity contribution in [3.05, 3.63) is 40.9 Å². The number of hydrogen-bond donors (Lipinski definition) is 0. The molecule has 0 amide bonds. The predicted molar refractivity (Wildman–Crippen MR) is 80.1 cm³/mol. The van der Waals surface area contributed by atoms with E-state index in [0.717, 1.165) is 0 Å². The first-order chi connectivity index (χ1) is 9.70. The van der Waals surface area contributed by atoms with Crippen molar-refractivity contribution in [1.82, 2.24) is 9.78 Å². The molecule has 1 aromatic carbocycles. The van der Waals surface area contributed by atoms with E-state index in [2.05, 4.69) is 5.10 Å². The lowest BCUT2D eigenvalue weighted by Gasteiger charge is -2.03. The molecule has 0 saturated carbocycles. The SMILES string of the molecule is CC(C)Cc1nn(-c2cccc(F)c2)c(Cl)c1S(=O)(=O)Cl. The fourth-order valence-electron chi connectivity index (χ4n) is 1.97. The zero-order valence-corrected chi connectivity index (χ0v) is 13.7. The first-order valence-electron chi connectivity index (χ1n) is 6.18. The number of aromatic nitrogens is 2. The molecule has 1 aromatic heterocycles. The summed E-state index contributed by atoms with van der Waals surface area (Å²) >= 11 is 6.10. The van der Waals surface area contributed by atoms with E-state index in [9.17, 15) is 12.8 Å². The van der Waals surface area contributed by atoms with Gasteiger partial charge in [0.1, 0.15) is 10.7 Å². The van der Waals surface area contributed by atoms with Crippen LogP contribution in [0.25, 0.3) is 5.69 Å². The van der Waals surface area contributed by atoms with Crippen molar-refractivity contribution < 1.29 is 12.8 Å². The molecule has 0 bridgehead atoms. The third-order valence-corrected chi connectivity index (χ3v) is 4.59. The molecule has 8 heteroatoms. The highest BCUT2D eigenvalue weighted by molar-refractivity contribution is 8.13. The molecule has 0 fully saturated rings. The van der Waals surface area contributed by atoms with Gasteiger partial charge in [0.25, 0.3) is 9.05 Å². The van der Waals surface area contributed by atoms with Crippen LogP contribution >= 0.6 is 22.3 Å². The Kier molecular flexibility index (Phi) is 4.60. The second kappa shape index (κ2) is 5.94. The van der Waals surface area contributed by atoms with E-state index in [4.69, 9.17) is 22.3 Å². The Hall–Kier alpha value is -1.11. The fraction of sp³-hybridized carbons (Fsp3) is 0.308. The molecule has 2 aromatic rings. The monoisotopic (exact) mass is 350 g/mol. The van der Waals surface area contributed by atoms with Gasteiger partial charge in [-0.2, -0.15) is 5.10 Å². The maximum Gasteiger partial charge on any atom is 0.266 e. The lowest BCUT2D eigenvalue weighted by Crippen LogP contribution is -2.01. The van der Waals surface area contributed by atoms with Crippen LogP contribution in [-0.2, 0) is 15.5 Å². The summed E-state index contributed by atoms with van der Waals surface area (Å²) in [5.74, 6) is -0.311. The van der Waals surface area contributed by atoms with E-state index in [1.165, 1.54) is 22.9 Å². The molecule has 0 atom stereocenters. The van der Waals surface area contributed by atoms with Crippen LogP contribution in [0.3, 0.4) is 0 Å². The van der Waals surface area contributed by atoms with Gasteiger partial charge in [-0.25, -0.2) is 17.5 Å². The summed E-state index contributed by atoms with van der Waals surface area (Å²) in [4.78, 5) is -0.219. The molecule has 0 aliphatic carbocycles. The summed E-state index contributed by atoms with van der Waals surface area (Å²) < 4.78 is 37.9. The molecule has 1 heterocycles. The Morgan fingerprint density at radius 3 is 2.57 bits per heavy atom. The summed E-state index contributed by atoms with van der Waals surface area (Å²) in [7, 11) is 1.40. The van der Waals surface area contributed by atoms with E-state index < -0.39 is 14.9 Å². The summed E-state index contributed by atoms with van der Waals surface area (Å²) in [5.41, 5.74) is 0.603. The zero-order chi connectivity index (χ0) is 15.8. The molecular formula is C13H13Cl2FN2O2S. The molecule has 0 unspecified atom stereocenters. The van der Waals surface area contributed by atoms with Gasteiger partial charge in [0, 0.05) is 10.7 Å². The quantitative estimate of drug-likeness (QED) is 0.788. The number of benzene rings is 1. The van der Waals surface area contributed by atoms with E-state index in [-0.39, 0.29) is 21.7 Å². The Bertz CT molecular complexity index is 772. The molecule has 21 heavy (non-hydrogen) atoms. The highest BCUT2D eigenvalue weighted by atomic mass is 35.7. The van der Waals surface area contributed by atoms with Gasteiger partial charge >= 0.3 is 0 Å². The van der Waals surface area contributed by atoms with Crippen LogP contribution in [0.4, 0.5) is 4.39 Å². The second-order valence-electron chi connectivity index (χ2n) is 4.99. The van der Waals surface area contributed by atoms with Gasteiger partial charge in [-0.05, 0) is 30.5 Å². The van der Waals surface area contributed by atoms with Crippen molar-refractivity contribution in [2.24, 2.45) is 5.92 Å². The molecule has 0 aliphatic heterocycles. The zero-order valence-electron chi connectivity index (χ0n) is 11.3. The van der Waals surface area contributed by atoms with E-state index >= 15 is 0 Å². The van der Waals surface area contributed by atoms with Crippen LogP contribution in [0.5, 0.6) is 0 Å². The maximum atomic E-state index is 13.3. The predicted octanol–water partition coefficient (Wildman–Crippen LogP) is 3.79. The average Bonchev–Trinajstić information content (AvgIpc) is 2.64. The molecule has 0 N–H and O–H groups in total. The van der Waals surface area contributed by atoms with Gasteiger partial charge < -0.3 is 0 Å². The smallest absolute Gasteiger partial charge is 0.220 e.